The number of hydrogen-bond donors (Lipinski definition) is 1. The van der Waals surface area contributed by atoms with Crippen LogP contribution in [0.4, 0.5) is 0 Å². The topological polar surface area (TPSA) is 26.0 Å². The number of halogens is 2. The van der Waals surface area contributed by atoms with Gasteiger partial charge in [0.05, 0.1) is 0 Å². The molecule has 0 aliphatic rings. The Labute approximate surface area is 90.7 Å². The summed E-state index contributed by atoms with van der Waals surface area (Å²) in [6, 6.07) is 8.16. The predicted molar refractivity (Wildman–Crippen MR) is 60.7 cm³/mol. The van der Waals surface area contributed by atoms with Gasteiger partial charge in [-0.1, -0.05) is 29.8 Å². The van der Waals surface area contributed by atoms with E-state index in [0.29, 0.717) is 0 Å². The van der Waals surface area contributed by atoms with Crippen LogP contribution in [0.5, 0.6) is 0 Å². The predicted octanol–water partition coefficient (Wildman–Crippen LogP) is 3.04. The summed E-state index contributed by atoms with van der Waals surface area (Å²) in [5.74, 6) is 0. The van der Waals surface area contributed by atoms with Gasteiger partial charge in [0, 0.05) is 11.1 Å². The molecule has 0 amide bonds. The van der Waals surface area contributed by atoms with E-state index >= 15 is 0 Å². The Morgan fingerprint density at radius 3 is 2.54 bits per heavy atom. The number of aryl methyl sites for hydroxylation is 1. The zero-order chi connectivity index (χ0) is 8.97. The highest BCUT2D eigenvalue weighted by molar-refractivity contribution is 6.31. The molecule has 0 unspecified atom stereocenters. The number of nitrogens with two attached hydrogens (primary N) is 1. The Hall–Kier alpha value is -0.240. The highest BCUT2D eigenvalue weighted by Crippen LogP contribution is 2.16. The fraction of sp³-hybridized carbons (Fsp3) is 0.400. The molecule has 0 aliphatic heterocycles. The number of rotatable bonds is 3. The van der Waals surface area contributed by atoms with Gasteiger partial charge in [0.25, 0.3) is 0 Å². The molecule has 1 aromatic carbocycles. The molecule has 0 bridgehead atoms. The average Bonchev–Trinajstić information content (AvgIpc) is 2.03. The molecule has 1 aromatic rings. The van der Waals surface area contributed by atoms with Gasteiger partial charge < -0.3 is 5.73 Å². The summed E-state index contributed by atoms with van der Waals surface area (Å²) < 4.78 is 0. The van der Waals surface area contributed by atoms with Gasteiger partial charge in [0.2, 0.25) is 0 Å². The van der Waals surface area contributed by atoms with Gasteiger partial charge in [-0.3, -0.25) is 0 Å². The van der Waals surface area contributed by atoms with Crippen molar-refractivity contribution in [2.75, 3.05) is 0 Å². The molecule has 0 fully saturated rings. The van der Waals surface area contributed by atoms with Crippen LogP contribution in [0.15, 0.2) is 24.3 Å². The average molecular weight is 220 g/mol. The fourth-order valence-corrected chi connectivity index (χ4v) is 1.31. The van der Waals surface area contributed by atoms with Gasteiger partial charge in [0.15, 0.2) is 0 Å². The molecule has 0 saturated heterocycles. The van der Waals surface area contributed by atoms with Crippen molar-refractivity contribution < 1.29 is 0 Å². The molecule has 0 saturated carbocycles. The summed E-state index contributed by atoms with van der Waals surface area (Å²) >= 11 is 5.97. The third kappa shape index (κ3) is 4.51. The molecule has 1 atom stereocenters. The summed E-state index contributed by atoms with van der Waals surface area (Å²) in [5, 5.41) is 0.846. The molecular weight excluding hydrogens is 205 g/mol. The van der Waals surface area contributed by atoms with Gasteiger partial charge in [-0.2, -0.15) is 0 Å². The minimum Gasteiger partial charge on any atom is -0.328 e. The van der Waals surface area contributed by atoms with E-state index in [4.69, 9.17) is 17.3 Å². The van der Waals surface area contributed by atoms with E-state index in [1.54, 1.807) is 0 Å². The van der Waals surface area contributed by atoms with Crippen LogP contribution in [-0.4, -0.2) is 6.04 Å². The second-order valence-corrected chi connectivity index (χ2v) is 3.51. The molecule has 13 heavy (non-hydrogen) atoms. The second-order valence-electron chi connectivity index (χ2n) is 3.11. The summed E-state index contributed by atoms with van der Waals surface area (Å²) in [7, 11) is 0. The fourth-order valence-electron chi connectivity index (χ4n) is 1.08. The zero-order valence-electron chi connectivity index (χ0n) is 7.66. The maximum Gasteiger partial charge on any atom is 0.0437 e. The zero-order valence-corrected chi connectivity index (χ0v) is 9.24. The van der Waals surface area contributed by atoms with Crippen LogP contribution >= 0.6 is 24.0 Å². The van der Waals surface area contributed by atoms with Crippen molar-refractivity contribution in [3.05, 3.63) is 34.9 Å². The van der Waals surface area contributed by atoms with Gasteiger partial charge in [-0.15, -0.1) is 12.4 Å². The molecule has 1 rings (SSSR count). The number of benzene rings is 1. The van der Waals surface area contributed by atoms with Gasteiger partial charge in [-0.25, -0.2) is 0 Å². The van der Waals surface area contributed by atoms with Crippen LogP contribution in [-0.2, 0) is 6.42 Å². The van der Waals surface area contributed by atoms with E-state index in [-0.39, 0.29) is 18.4 Å². The molecule has 2 N–H and O–H groups in total. The third-order valence-corrected chi connectivity index (χ3v) is 2.20. The first-order chi connectivity index (χ1) is 5.70. The Morgan fingerprint density at radius 1 is 1.38 bits per heavy atom. The van der Waals surface area contributed by atoms with Crippen molar-refractivity contribution in [3.8, 4) is 0 Å². The molecule has 0 aliphatic carbocycles. The summed E-state index contributed by atoms with van der Waals surface area (Å²) in [5.41, 5.74) is 6.84. The Balaban J connectivity index is 0.00000144. The maximum absolute atomic E-state index is 5.97. The minimum absolute atomic E-state index is 0. The lowest BCUT2D eigenvalue weighted by atomic mass is 10.1. The lowest BCUT2D eigenvalue weighted by Crippen LogP contribution is -2.15. The van der Waals surface area contributed by atoms with Crippen molar-refractivity contribution >= 4 is 24.0 Å². The molecule has 0 radical (unpaired) electrons. The quantitative estimate of drug-likeness (QED) is 0.832. The molecule has 0 heterocycles. The first kappa shape index (κ1) is 12.8. The van der Waals surface area contributed by atoms with Gasteiger partial charge in [0.1, 0.15) is 0 Å². The van der Waals surface area contributed by atoms with Crippen LogP contribution in [0.1, 0.15) is 18.9 Å². The monoisotopic (exact) mass is 219 g/mol. The molecular formula is C10H15Cl2N. The van der Waals surface area contributed by atoms with E-state index in [2.05, 4.69) is 0 Å². The smallest absolute Gasteiger partial charge is 0.0437 e. The molecule has 3 heteroatoms. The van der Waals surface area contributed by atoms with Gasteiger partial charge in [-0.05, 0) is 31.4 Å². The highest BCUT2D eigenvalue weighted by Gasteiger charge is 2.00. The summed E-state index contributed by atoms with van der Waals surface area (Å²) in [4.78, 5) is 0. The van der Waals surface area contributed by atoms with E-state index in [0.717, 1.165) is 17.9 Å². The Bertz CT molecular complexity index is 248. The van der Waals surface area contributed by atoms with Crippen LogP contribution in [0, 0.1) is 0 Å². The van der Waals surface area contributed by atoms with Crippen molar-refractivity contribution in [3.63, 3.8) is 0 Å². The van der Waals surface area contributed by atoms with Crippen molar-refractivity contribution in [1.82, 2.24) is 0 Å². The van der Waals surface area contributed by atoms with E-state index < -0.39 is 0 Å². The summed E-state index contributed by atoms with van der Waals surface area (Å²) in [6.07, 6.45) is 1.96. The SMILES string of the molecule is C[C@@H](N)CCc1ccccc1Cl.Cl. The van der Waals surface area contributed by atoms with Crippen molar-refractivity contribution in [2.24, 2.45) is 5.73 Å². The van der Waals surface area contributed by atoms with Crippen LogP contribution in [0.3, 0.4) is 0 Å². The lowest BCUT2D eigenvalue weighted by molar-refractivity contribution is 0.666. The van der Waals surface area contributed by atoms with Crippen LogP contribution < -0.4 is 5.73 Å². The second kappa shape index (κ2) is 6.25. The van der Waals surface area contributed by atoms with E-state index in [9.17, 15) is 0 Å². The van der Waals surface area contributed by atoms with E-state index in [1.807, 2.05) is 31.2 Å². The standard InChI is InChI=1S/C10H14ClN.ClH/c1-8(12)6-7-9-4-2-3-5-10(9)11;/h2-5,8H,6-7,12H2,1H3;1H/t8-;/m1./s1. The number of hydrogen-bond acceptors (Lipinski definition) is 1. The third-order valence-electron chi connectivity index (χ3n) is 1.83. The lowest BCUT2D eigenvalue weighted by Gasteiger charge is -2.05. The highest BCUT2D eigenvalue weighted by atomic mass is 35.5. The van der Waals surface area contributed by atoms with Crippen LogP contribution in [0.2, 0.25) is 5.02 Å². The molecule has 1 nitrogen and oxygen atoms in total. The summed E-state index contributed by atoms with van der Waals surface area (Å²) in [6.45, 7) is 2.01. The maximum atomic E-state index is 5.97. The normalized spacial score (nSPS) is 11.9. The largest absolute Gasteiger partial charge is 0.328 e. The van der Waals surface area contributed by atoms with Gasteiger partial charge >= 0.3 is 0 Å². The Kier molecular flexibility index (Phi) is 6.13. The molecule has 74 valence electrons. The molecule has 0 spiro atoms. The van der Waals surface area contributed by atoms with Crippen LogP contribution in [0.25, 0.3) is 0 Å². The molecule has 0 aromatic heterocycles. The first-order valence-electron chi connectivity index (χ1n) is 4.19. The van der Waals surface area contributed by atoms with E-state index in [1.165, 1.54) is 5.56 Å². The Morgan fingerprint density at radius 2 is 2.00 bits per heavy atom. The minimum atomic E-state index is 0. The van der Waals surface area contributed by atoms with Crippen molar-refractivity contribution in [2.45, 2.75) is 25.8 Å². The van der Waals surface area contributed by atoms with Crippen molar-refractivity contribution in [1.29, 1.82) is 0 Å². The first-order valence-corrected chi connectivity index (χ1v) is 4.57.